The number of nitrogens with zero attached hydrogens (tertiary/aromatic N) is 2. The number of para-hydroxylation sites is 1. The van der Waals surface area contributed by atoms with Crippen LogP contribution in [0, 0.1) is 11.6 Å². The van der Waals surface area contributed by atoms with Crippen LogP contribution in [0.4, 0.5) is 30.6 Å². The molecule has 1 aliphatic heterocycles. The molecule has 220 valence electrons. The average Bonchev–Trinajstić information content (AvgIpc) is 3.29. The van der Waals surface area contributed by atoms with Gasteiger partial charge in [0.05, 0.1) is 11.3 Å². The van der Waals surface area contributed by atoms with Crippen molar-refractivity contribution < 1.29 is 23.2 Å². The van der Waals surface area contributed by atoms with Crippen molar-refractivity contribution in [2.75, 3.05) is 41.7 Å². The number of amides is 4. The van der Waals surface area contributed by atoms with Gasteiger partial charge >= 0.3 is 6.03 Å². The molecule has 0 aliphatic carbocycles. The van der Waals surface area contributed by atoms with Gasteiger partial charge in [-0.25, -0.2) is 13.6 Å². The van der Waals surface area contributed by atoms with Gasteiger partial charge in [0, 0.05) is 49.7 Å². The number of hydrogen-bond acceptors (Lipinski definition) is 4. The Kier molecular flexibility index (Phi) is 9.26. The van der Waals surface area contributed by atoms with Crippen LogP contribution in [0.5, 0.6) is 0 Å². The highest BCUT2D eigenvalue weighted by atomic mass is 19.1. The quantitative estimate of drug-likeness (QED) is 0.253. The molecule has 4 aromatic rings. The lowest BCUT2D eigenvalue weighted by molar-refractivity contribution is 0.0950. The fourth-order valence-corrected chi connectivity index (χ4v) is 4.86. The SMILES string of the molecule is O=C(Nc1ccc(N2CCCN(C(=O)Nc3ccccc3F)CC2)c(C(=O)NCc2ccc(F)cc2)c1)c1ccccc1. The van der Waals surface area contributed by atoms with Crippen molar-refractivity contribution in [3.63, 3.8) is 0 Å². The van der Waals surface area contributed by atoms with Gasteiger partial charge in [-0.05, 0) is 66.6 Å². The molecule has 0 bridgehead atoms. The maximum Gasteiger partial charge on any atom is 0.321 e. The van der Waals surface area contributed by atoms with Gasteiger partial charge < -0.3 is 25.8 Å². The van der Waals surface area contributed by atoms with Crippen molar-refractivity contribution in [2.24, 2.45) is 0 Å². The third-order valence-electron chi connectivity index (χ3n) is 7.14. The molecule has 0 spiro atoms. The number of benzene rings is 4. The van der Waals surface area contributed by atoms with Gasteiger partial charge in [-0.15, -0.1) is 0 Å². The Bertz CT molecular complexity index is 1600. The highest BCUT2D eigenvalue weighted by Gasteiger charge is 2.24. The number of rotatable bonds is 7. The molecule has 3 N–H and O–H groups in total. The molecule has 8 nitrogen and oxygen atoms in total. The number of nitrogens with one attached hydrogen (secondary N) is 3. The monoisotopic (exact) mass is 583 g/mol. The first-order valence-electron chi connectivity index (χ1n) is 14.0. The number of carbonyl (C=O) groups is 3. The second kappa shape index (κ2) is 13.6. The summed E-state index contributed by atoms with van der Waals surface area (Å²) in [5, 5.41) is 8.38. The van der Waals surface area contributed by atoms with Crippen molar-refractivity contribution in [3.8, 4) is 0 Å². The normalized spacial score (nSPS) is 13.2. The molecule has 1 heterocycles. The Labute approximate surface area is 248 Å². The van der Waals surface area contributed by atoms with Crippen molar-refractivity contribution in [3.05, 3.63) is 125 Å². The van der Waals surface area contributed by atoms with E-state index in [2.05, 4.69) is 16.0 Å². The zero-order valence-electron chi connectivity index (χ0n) is 23.4. The van der Waals surface area contributed by atoms with E-state index in [0.717, 1.165) is 5.56 Å². The molecule has 1 aliphatic rings. The average molecular weight is 584 g/mol. The maximum absolute atomic E-state index is 14.1. The molecule has 1 saturated heterocycles. The van der Waals surface area contributed by atoms with Crippen LogP contribution in [0.25, 0.3) is 0 Å². The van der Waals surface area contributed by atoms with E-state index in [1.807, 2.05) is 11.0 Å². The smallest absolute Gasteiger partial charge is 0.321 e. The number of urea groups is 1. The second-order valence-electron chi connectivity index (χ2n) is 10.1. The number of halogens is 2. The summed E-state index contributed by atoms with van der Waals surface area (Å²) in [5.74, 6) is -1.55. The minimum Gasteiger partial charge on any atom is -0.369 e. The predicted octanol–water partition coefficient (Wildman–Crippen LogP) is 5.89. The lowest BCUT2D eigenvalue weighted by atomic mass is 10.1. The van der Waals surface area contributed by atoms with Crippen LogP contribution in [0.1, 0.15) is 32.7 Å². The summed E-state index contributed by atoms with van der Waals surface area (Å²) in [6.45, 7) is 1.98. The lowest BCUT2D eigenvalue weighted by Crippen LogP contribution is -2.38. The fourth-order valence-electron chi connectivity index (χ4n) is 4.86. The molecule has 0 atom stereocenters. The third-order valence-corrected chi connectivity index (χ3v) is 7.14. The van der Waals surface area contributed by atoms with Crippen molar-refractivity contribution in [1.82, 2.24) is 10.2 Å². The summed E-state index contributed by atoms with van der Waals surface area (Å²) in [5.41, 5.74) is 2.77. The highest BCUT2D eigenvalue weighted by molar-refractivity contribution is 6.06. The summed E-state index contributed by atoms with van der Waals surface area (Å²) in [6, 6.07) is 25.4. The van der Waals surface area contributed by atoms with E-state index < -0.39 is 11.8 Å². The standard InChI is InChI=1S/C33H31F2N5O3/c34-25-13-11-23(12-14-25)22-36-32(42)27-21-26(37-31(41)24-7-2-1-3-8-24)15-16-30(27)39-17-6-18-40(20-19-39)33(43)38-29-10-5-4-9-28(29)35/h1-5,7-16,21H,6,17-20,22H2,(H,36,42)(H,37,41)(H,38,43). The lowest BCUT2D eigenvalue weighted by Gasteiger charge is -2.26. The zero-order valence-corrected chi connectivity index (χ0v) is 23.4. The van der Waals surface area contributed by atoms with Crippen LogP contribution in [-0.4, -0.2) is 48.9 Å². The van der Waals surface area contributed by atoms with Crippen molar-refractivity contribution in [1.29, 1.82) is 0 Å². The van der Waals surface area contributed by atoms with Gasteiger partial charge in [0.1, 0.15) is 11.6 Å². The predicted molar refractivity (Wildman–Crippen MR) is 162 cm³/mol. The Morgan fingerprint density at radius 3 is 2.23 bits per heavy atom. The summed E-state index contributed by atoms with van der Waals surface area (Å²) in [6.07, 6.45) is 0.619. The Hall–Kier alpha value is -5.25. The highest BCUT2D eigenvalue weighted by Crippen LogP contribution is 2.27. The fraction of sp³-hybridized carbons (Fsp3) is 0.182. The zero-order chi connectivity index (χ0) is 30.2. The Morgan fingerprint density at radius 1 is 0.721 bits per heavy atom. The molecule has 0 aromatic heterocycles. The molecule has 0 unspecified atom stereocenters. The minimum absolute atomic E-state index is 0.113. The van der Waals surface area contributed by atoms with E-state index >= 15 is 0 Å². The van der Waals surface area contributed by atoms with Gasteiger partial charge in [0.2, 0.25) is 0 Å². The molecule has 5 rings (SSSR count). The topological polar surface area (TPSA) is 93.8 Å². The summed E-state index contributed by atoms with van der Waals surface area (Å²) in [7, 11) is 0. The molecule has 4 aromatic carbocycles. The molecule has 0 radical (unpaired) electrons. The van der Waals surface area contributed by atoms with Gasteiger partial charge in [0.15, 0.2) is 0 Å². The minimum atomic E-state index is -0.511. The van der Waals surface area contributed by atoms with Crippen LogP contribution < -0.4 is 20.9 Å². The molecule has 0 saturated carbocycles. The second-order valence-corrected chi connectivity index (χ2v) is 10.1. The summed E-state index contributed by atoms with van der Waals surface area (Å²) < 4.78 is 27.4. The number of carbonyl (C=O) groups excluding carboxylic acids is 3. The van der Waals surface area contributed by atoms with Gasteiger partial charge in [0.25, 0.3) is 11.8 Å². The van der Waals surface area contributed by atoms with Crippen LogP contribution in [-0.2, 0) is 6.54 Å². The number of anilines is 3. The largest absolute Gasteiger partial charge is 0.369 e. The number of hydrogen-bond donors (Lipinski definition) is 3. The van der Waals surface area contributed by atoms with E-state index in [0.29, 0.717) is 55.1 Å². The van der Waals surface area contributed by atoms with Crippen molar-refractivity contribution >= 4 is 34.9 Å². The van der Waals surface area contributed by atoms with Crippen molar-refractivity contribution in [2.45, 2.75) is 13.0 Å². The van der Waals surface area contributed by atoms with E-state index in [-0.39, 0.29) is 29.9 Å². The first-order valence-corrected chi connectivity index (χ1v) is 14.0. The van der Waals surface area contributed by atoms with E-state index in [9.17, 15) is 23.2 Å². The molecule has 10 heteroatoms. The first-order chi connectivity index (χ1) is 20.9. The first kappa shape index (κ1) is 29.2. The van der Waals surface area contributed by atoms with E-state index in [4.69, 9.17) is 0 Å². The van der Waals surface area contributed by atoms with Crippen LogP contribution in [0.15, 0.2) is 97.1 Å². The molecule has 1 fully saturated rings. The van der Waals surface area contributed by atoms with Crippen LogP contribution in [0.3, 0.4) is 0 Å². The molecular formula is C33H31F2N5O3. The van der Waals surface area contributed by atoms with Gasteiger partial charge in [-0.1, -0.05) is 42.5 Å². The van der Waals surface area contributed by atoms with E-state index in [1.54, 1.807) is 71.6 Å². The van der Waals surface area contributed by atoms with Gasteiger partial charge in [-0.2, -0.15) is 0 Å². The molecular weight excluding hydrogens is 552 g/mol. The molecule has 43 heavy (non-hydrogen) atoms. The van der Waals surface area contributed by atoms with Crippen LogP contribution in [0.2, 0.25) is 0 Å². The Morgan fingerprint density at radius 2 is 1.47 bits per heavy atom. The summed E-state index contributed by atoms with van der Waals surface area (Å²) >= 11 is 0. The Balaban J connectivity index is 1.34. The third kappa shape index (κ3) is 7.53. The maximum atomic E-state index is 14.1. The van der Waals surface area contributed by atoms with Gasteiger partial charge in [-0.3, -0.25) is 9.59 Å². The molecule has 4 amide bonds. The van der Waals surface area contributed by atoms with E-state index in [1.165, 1.54) is 24.3 Å². The van der Waals surface area contributed by atoms with Crippen LogP contribution >= 0.6 is 0 Å². The summed E-state index contributed by atoms with van der Waals surface area (Å²) in [4.78, 5) is 42.9.